The molecule has 1 aliphatic carbocycles. The van der Waals surface area contributed by atoms with Gasteiger partial charge in [-0.3, -0.25) is 14.4 Å². The van der Waals surface area contributed by atoms with Crippen LogP contribution in [0.4, 0.5) is 0 Å². The van der Waals surface area contributed by atoms with Gasteiger partial charge in [0.1, 0.15) is 48.3 Å². The van der Waals surface area contributed by atoms with Crippen molar-refractivity contribution in [3.8, 4) is 17.2 Å². The number of phenolic OH excluding ortho intramolecular Hbond substituents is 1. The summed E-state index contributed by atoms with van der Waals surface area (Å²) in [5.41, 5.74) is 0.295. The van der Waals surface area contributed by atoms with Crippen LogP contribution in [0, 0.1) is 6.92 Å². The van der Waals surface area contributed by atoms with E-state index < -0.39 is 60.6 Å². The van der Waals surface area contributed by atoms with Gasteiger partial charge in [-0.05, 0) is 30.7 Å². The number of aliphatic hydroxyl groups excluding tert-OH is 3. The van der Waals surface area contributed by atoms with E-state index in [-0.39, 0.29) is 33.8 Å². The molecule has 11 heteroatoms. The molecule has 0 bridgehead atoms. The standard InChI is InChI=1S/C24H24O11/c1-9-4-12-13(20(28)18-14(19(12)27)5-11(32-3)6-15(18)26)7-16(9)34-24-23(31)22(30)21(29)17(35-24)8-33-10(2)25/h4-7,17,21-24,26,29-31H,8H2,1-3H3. The third-order valence-corrected chi connectivity index (χ3v) is 5.97. The van der Waals surface area contributed by atoms with Gasteiger partial charge in [-0.2, -0.15) is 0 Å². The number of esters is 1. The van der Waals surface area contributed by atoms with Crippen molar-refractivity contribution in [2.45, 2.75) is 44.6 Å². The molecule has 5 unspecified atom stereocenters. The van der Waals surface area contributed by atoms with E-state index in [0.717, 1.165) is 6.92 Å². The molecule has 2 aliphatic rings. The van der Waals surface area contributed by atoms with Gasteiger partial charge in [0.25, 0.3) is 0 Å². The zero-order chi connectivity index (χ0) is 25.6. The summed E-state index contributed by atoms with van der Waals surface area (Å²) in [6.07, 6.45) is -7.59. The molecule has 2 aromatic carbocycles. The highest BCUT2D eigenvalue weighted by Crippen LogP contribution is 2.38. The SMILES string of the molecule is COc1cc(O)c2c(c1)C(=O)c1cc(C)c(OC3OC(COC(C)=O)C(O)C(O)C3O)cc1C2=O. The number of aromatic hydroxyl groups is 1. The van der Waals surface area contributed by atoms with Crippen molar-refractivity contribution in [3.05, 3.63) is 52.1 Å². The lowest BCUT2D eigenvalue weighted by molar-refractivity contribution is -0.278. The molecule has 4 N–H and O–H groups in total. The summed E-state index contributed by atoms with van der Waals surface area (Å²) in [4.78, 5) is 37.4. The van der Waals surface area contributed by atoms with Gasteiger partial charge in [-0.25, -0.2) is 0 Å². The molecule has 1 aliphatic heterocycles. The lowest BCUT2D eigenvalue weighted by Crippen LogP contribution is -2.60. The van der Waals surface area contributed by atoms with Crippen molar-refractivity contribution in [1.29, 1.82) is 0 Å². The zero-order valence-corrected chi connectivity index (χ0v) is 19.0. The van der Waals surface area contributed by atoms with Crippen LogP contribution in [0.1, 0.15) is 44.3 Å². The molecule has 0 amide bonds. The first-order chi connectivity index (χ1) is 16.5. The van der Waals surface area contributed by atoms with Gasteiger partial charge in [0, 0.05) is 29.7 Å². The number of rotatable bonds is 5. The Kier molecular flexibility index (Phi) is 6.52. The number of aryl methyl sites for hydroxylation is 1. The zero-order valence-electron chi connectivity index (χ0n) is 19.0. The number of aliphatic hydroxyl groups is 3. The molecule has 1 fully saturated rings. The van der Waals surface area contributed by atoms with Gasteiger partial charge >= 0.3 is 5.97 Å². The van der Waals surface area contributed by atoms with Crippen molar-refractivity contribution in [3.63, 3.8) is 0 Å². The summed E-state index contributed by atoms with van der Waals surface area (Å²) in [7, 11) is 1.37. The Morgan fingerprint density at radius 2 is 1.66 bits per heavy atom. The van der Waals surface area contributed by atoms with E-state index in [2.05, 4.69) is 0 Å². The van der Waals surface area contributed by atoms with Gasteiger partial charge in [0.15, 0.2) is 11.6 Å². The molecule has 2 aromatic rings. The molecular formula is C24H24O11. The molecule has 0 saturated carbocycles. The molecule has 0 aromatic heterocycles. The maximum absolute atomic E-state index is 13.2. The van der Waals surface area contributed by atoms with Gasteiger partial charge in [0.05, 0.1) is 12.7 Å². The van der Waals surface area contributed by atoms with Crippen molar-refractivity contribution in [2.75, 3.05) is 13.7 Å². The molecule has 1 heterocycles. The Morgan fingerprint density at radius 3 is 2.31 bits per heavy atom. The van der Waals surface area contributed by atoms with Gasteiger partial charge < -0.3 is 39.4 Å². The minimum Gasteiger partial charge on any atom is -0.507 e. The predicted octanol–water partition coefficient (Wildman–Crippen LogP) is 0.234. The second-order valence-corrected chi connectivity index (χ2v) is 8.33. The average Bonchev–Trinajstić information content (AvgIpc) is 2.82. The number of ketones is 2. The normalized spacial score (nSPS) is 25.5. The summed E-state index contributed by atoms with van der Waals surface area (Å²) >= 11 is 0. The van der Waals surface area contributed by atoms with Crippen molar-refractivity contribution < 1.29 is 53.8 Å². The predicted molar refractivity (Wildman–Crippen MR) is 117 cm³/mol. The molecule has 4 rings (SSSR count). The summed E-state index contributed by atoms with van der Waals surface area (Å²) in [5.74, 6) is -1.88. The van der Waals surface area contributed by atoms with Crippen LogP contribution in [0.3, 0.4) is 0 Å². The minimum atomic E-state index is -1.68. The van der Waals surface area contributed by atoms with Crippen LogP contribution in [-0.2, 0) is 14.3 Å². The molecule has 186 valence electrons. The van der Waals surface area contributed by atoms with Gasteiger partial charge in [-0.15, -0.1) is 0 Å². The highest BCUT2D eigenvalue weighted by Gasteiger charge is 2.45. The third kappa shape index (κ3) is 4.34. The Labute approximate surface area is 199 Å². The van der Waals surface area contributed by atoms with Crippen LogP contribution in [0.5, 0.6) is 17.2 Å². The number of carbonyl (C=O) groups excluding carboxylic acids is 3. The van der Waals surface area contributed by atoms with E-state index >= 15 is 0 Å². The average molecular weight is 488 g/mol. The Bertz CT molecular complexity index is 1200. The summed E-state index contributed by atoms with van der Waals surface area (Å²) in [6, 6.07) is 5.32. The maximum atomic E-state index is 13.2. The molecule has 35 heavy (non-hydrogen) atoms. The number of carbonyl (C=O) groups is 3. The second-order valence-electron chi connectivity index (χ2n) is 8.33. The fourth-order valence-electron chi connectivity index (χ4n) is 4.08. The second kappa shape index (κ2) is 9.27. The number of hydrogen-bond donors (Lipinski definition) is 4. The first-order valence-corrected chi connectivity index (χ1v) is 10.7. The summed E-state index contributed by atoms with van der Waals surface area (Å²) < 4.78 is 21.2. The van der Waals surface area contributed by atoms with Gasteiger partial charge in [0.2, 0.25) is 6.29 Å². The number of hydrogen-bond acceptors (Lipinski definition) is 11. The smallest absolute Gasteiger partial charge is 0.302 e. The van der Waals surface area contributed by atoms with Crippen LogP contribution < -0.4 is 9.47 Å². The minimum absolute atomic E-state index is 0.00359. The topological polar surface area (TPSA) is 169 Å². The van der Waals surface area contributed by atoms with Crippen LogP contribution in [-0.4, -0.2) is 82.4 Å². The molecule has 1 saturated heterocycles. The first-order valence-electron chi connectivity index (χ1n) is 10.7. The summed E-state index contributed by atoms with van der Waals surface area (Å²) in [6.45, 7) is 2.37. The summed E-state index contributed by atoms with van der Waals surface area (Å²) in [5, 5.41) is 41.1. The third-order valence-electron chi connectivity index (χ3n) is 5.97. The highest BCUT2D eigenvalue weighted by atomic mass is 16.7. The maximum Gasteiger partial charge on any atom is 0.302 e. The van der Waals surface area contributed by atoms with E-state index in [9.17, 15) is 34.8 Å². The van der Waals surface area contributed by atoms with Crippen molar-refractivity contribution in [1.82, 2.24) is 0 Å². The quantitative estimate of drug-likeness (QED) is 0.363. The van der Waals surface area contributed by atoms with E-state index in [1.807, 2.05) is 0 Å². The lowest BCUT2D eigenvalue weighted by atomic mass is 9.82. The molecular weight excluding hydrogens is 464 g/mol. The van der Waals surface area contributed by atoms with Crippen LogP contribution in [0.2, 0.25) is 0 Å². The van der Waals surface area contributed by atoms with E-state index in [1.165, 1.54) is 31.4 Å². The van der Waals surface area contributed by atoms with Crippen molar-refractivity contribution in [2.24, 2.45) is 0 Å². The Hall–Kier alpha value is -3.51. The number of phenols is 1. The number of methoxy groups -OCH3 is 1. The molecule has 0 radical (unpaired) electrons. The van der Waals surface area contributed by atoms with Gasteiger partial charge in [-0.1, -0.05) is 0 Å². The fraction of sp³-hybridized carbons (Fsp3) is 0.375. The van der Waals surface area contributed by atoms with Crippen LogP contribution in [0.25, 0.3) is 0 Å². The van der Waals surface area contributed by atoms with E-state index in [1.54, 1.807) is 6.92 Å². The number of fused-ring (bicyclic) bond motifs is 2. The van der Waals surface area contributed by atoms with E-state index in [4.69, 9.17) is 18.9 Å². The first kappa shape index (κ1) is 24.6. The van der Waals surface area contributed by atoms with E-state index in [0.29, 0.717) is 5.56 Å². The number of benzene rings is 2. The monoisotopic (exact) mass is 488 g/mol. The Morgan fingerprint density at radius 1 is 0.971 bits per heavy atom. The fourth-order valence-corrected chi connectivity index (χ4v) is 4.08. The largest absolute Gasteiger partial charge is 0.507 e. The van der Waals surface area contributed by atoms with Crippen LogP contribution in [0.15, 0.2) is 24.3 Å². The number of ether oxygens (including phenoxy) is 4. The molecule has 5 atom stereocenters. The Balaban J connectivity index is 1.66. The molecule has 11 nitrogen and oxygen atoms in total. The lowest BCUT2D eigenvalue weighted by Gasteiger charge is -2.40. The molecule has 0 spiro atoms. The van der Waals surface area contributed by atoms with Crippen LogP contribution >= 0.6 is 0 Å². The highest BCUT2D eigenvalue weighted by molar-refractivity contribution is 6.29. The van der Waals surface area contributed by atoms with Crippen molar-refractivity contribution >= 4 is 17.5 Å².